The summed E-state index contributed by atoms with van der Waals surface area (Å²) in [5, 5.41) is 7.25. The number of rotatable bonds is 3. The van der Waals surface area contributed by atoms with Gasteiger partial charge in [-0.3, -0.25) is 4.99 Å². The van der Waals surface area contributed by atoms with Crippen LogP contribution < -0.4 is 15.4 Å². The van der Waals surface area contributed by atoms with Gasteiger partial charge in [0.05, 0.1) is 6.04 Å². The molecule has 1 spiro atoms. The number of nitrogens with one attached hydrogen (secondary N) is 2. The highest BCUT2D eigenvalue weighted by Gasteiger charge is 2.43. The molecule has 2 fully saturated rings. The monoisotopic (exact) mass is 356 g/mol. The third-order valence-corrected chi connectivity index (χ3v) is 6.29. The lowest BCUT2D eigenvalue weighted by Gasteiger charge is -2.40. The molecule has 26 heavy (non-hydrogen) atoms. The molecular formula is C21H32N4O. The summed E-state index contributed by atoms with van der Waals surface area (Å²) >= 11 is 0. The smallest absolute Gasteiger partial charge is 0.191 e. The fourth-order valence-corrected chi connectivity index (χ4v) is 4.87. The van der Waals surface area contributed by atoms with Crippen molar-refractivity contribution in [3.8, 4) is 5.75 Å². The van der Waals surface area contributed by atoms with Gasteiger partial charge in [0, 0.05) is 32.1 Å². The van der Waals surface area contributed by atoms with Crippen LogP contribution in [0.2, 0.25) is 0 Å². The van der Waals surface area contributed by atoms with Gasteiger partial charge >= 0.3 is 0 Å². The standard InChI is InChI=1S/C21H32N4O/c1-22-20(23-14-16-9-12-25(2)15-16)24-18-13-21(10-5-6-11-21)26-19-8-4-3-7-17(18)19/h3-4,7-8,16,18H,5-6,9-15H2,1-2H3,(H2,22,23,24). The summed E-state index contributed by atoms with van der Waals surface area (Å²) in [5.74, 6) is 2.67. The van der Waals surface area contributed by atoms with E-state index < -0.39 is 0 Å². The van der Waals surface area contributed by atoms with Gasteiger partial charge in [-0.25, -0.2) is 0 Å². The maximum absolute atomic E-state index is 6.47. The van der Waals surface area contributed by atoms with E-state index in [2.05, 4.69) is 51.8 Å². The zero-order valence-electron chi connectivity index (χ0n) is 16.1. The van der Waals surface area contributed by atoms with E-state index in [9.17, 15) is 0 Å². The molecule has 0 radical (unpaired) electrons. The van der Waals surface area contributed by atoms with Gasteiger partial charge in [-0.05, 0) is 57.7 Å². The van der Waals surface area contributed by atoms with Crippen molar-refractivity contribution >= 4 is 5.96 Å². The highest BCUT2D eigenvalue weighted by Crippen LogP contribution is 2.46. The molecule has 1 aromatic carbocycles. The van der Waals surface area contributed by atoms with E-state index in [4.69, 9.17) is 4.74 Å². The minimum absolute atomic E-state index is 0.0129. The molecule has 3 aliphatic rings. The van der Waals surface area contributed by atoms with E-state index in [1.165, 1.54) is 50.8 Å². The Kier molecular flexibility index (Phi) is 5.07. The normalized spacial score (nSPS) is 28.0. The highest BCUT2D eigenvalue weighted by molar-refractivity contribution is 5.80. The van der Waals surface area contributed by atoms with Crippen molar-refractivity contribution in [3.63, 3.8) is 0 Å². The molecule has 1 saturated carbocycles. The van der Waals surface area contributed by atoms with Crippen LogP contribution in [0.4, 0.5) is 0 Å². The molecule has 0 bridgehead atoms. The van der Waals surface area contributed by atoms with Crippen LogP contribution in [0.5, 0.6) is 5.75 Å². The zero-order chi connectivity index (χ0) is 18.0. The number of guanidine groups is 1. The second-order valence-electron chi connectivity index (χ2n) is 8.30. The molecule has 2 aliphatic heterocycles. The lowest BCUT2D eigenvalue weighted by atomic mass is 9.86. The summed E-state index contributed by atoms with van der Waals surface area (Å²) in [5.41, 5.74) is 1.27. The molecule has 1 aromatic rings. The lowest BCUT2D eigenvalue weighted by molar-refractivity contribution is 0.0396. The van der Waals surface area contributed by atoms with Crippen molar-refractivity contribution < 1.29 is 4.74 Å². The van der Waals surface area contributed by atoms with Gasteiger partial charge in [0.15, 0.2) is 5.96 Å². The van der Waals surface area contributed by atoms with Crippen LogP contribution in [-0.4, -0.2) is 50.2 Å². The van der Waals surface area contributed by atoms with Crippen molar-refractivity contribution in [1.82, 2.24) is 15.5 Å². The molecule has 1 aliphatic carbocycles. The number of aliphatic imine (C=N–C) groups is 1. The van der Waals surface area contributed by atoms with E-state index in [1.54, 1.807) is 0 Å². The molecule has 1 saturated heterocycles. The van der Waals surface area contributed by atoms with Crippen molar-refractivity contribution in [2.45, 2.75) is 50.2 Å². The molecule has 2 atom stereocenters. The van der Waals surface area contributed by atoms with Gasteiger partial charge in [-0.1, -0.05) is 18.2 Å². The number of hydrogen-bond acceptors (Lipinski definition) is 3. The predicted octanol–water partition coefficient (Wildman–Crippen LogP) is 2.94. The van der Waals surface area contributed by atoms with Crippen molar-refractivity contribution in [1.29, 1.82) is 0 Å². The lowest BCUT2D eigenvalue weighted by Crippen LogP contribution is -2.47. The predicted molar refractivity (Wildman–Crippen MR) is 106 cm³/mol. The number of hydrogen-bond donors (Lipinski definition) is 2. The first-order chi connectivity index (χ1) is 12.7. The first-order valence-corrected chi connectivity index (χ1v) is 10.1. The Morgan fingerprint density at radius 1 is 1.31 bits per heavy atom. The van der Waals surface area contributed by atoms with Crippen LogP contribution in [0.3, 0.4) is 0 Å². The minimum atomic E-state index is 0.0129. The van der Waals surface area contributed by atoms with Crippen LogP contribution in [0.25, 0.3) is 0 Å². The Bertz CT molecular complexity index is 653. The van der Waals surface area contributed by atoms with Crippen LogP contribution in [-0.2, 0) is 0 Å². The molecule has 0 amide bonds. The van der Waals surface area contributed by atoms with E-state index >= 15 is 0 Å². The van der Waals surface area contributed by atoms with Crippen molar-refractivity contribution in [2.24, 2.45) is 10.9 Å². The first kappa shape index (κ1) is 17.7. The van der Waals surface area contributed by atoms with Crippen LogP contribution in [0.1, 0.15) is 50.1 Å². The average molecular weight is 357 g/mol. The number of ether oxygens (including phenoxy) is 1. The molecule has 0 aromatic heterocycles. The van der Waals surface area contributed by atoms with Gasteiger partial charge < -0.3 is 20.3 Å². The Morgan fingerprint density at radius 2 is 2.12 bits per heavy atom. The van der Waals surface area contributed by atoms with Gasteiger partial charge in [0.25, 0.3) is 0 Å². The van der Waals surface area contributed by atoms with Crippen LogP contribution in [0, 0.1) is 5.92 Å². The van der Waals surface area contributed by atoms with Gasteiger partial charge in [-0.2, -0.15) is 0 Å². The quantitative estimate of drug-likeness (QED) is 0.646. The van der Waals surface area contributed by atoms with Crippen molar-refractivity contribution in [2.75, 3.05) is 33.7 Å². The maximum atomic E-state index is 6.47. The topological polar surface area (TPSA) is 48.9 Å². The van der Waals surface area contributed by atoms with E-state index in [0.29, 0.717) is 5.92 Å². The Labute approximate surface area is 157 Å². The summed E-state index contributed by atoms with van der Waals surface area (Å²) in [7, 11) is 4.07. The second-order valence-corrected chi connectivity index (χ2v) is 8.30. The molecule has 2 N–H and O–H groups in total. The maximum Gasteiger partial charge on any atom is 0.191 e. The summed E-state index contributed by atoms with van der Waals surface area (Å²) in [6.45, 7) is 3.36. The van der Waals surface area contributed by atoms with Crippen molar-refractivity contribution in [3.05, 3.63) is 29.8 Å². The van der Waals surface area contributed by atoms with Crippen LogP contribution in [0.15, 0.2) is 29.3 Å². The molecule has 2 heterocycles. The second kappa shape index (κ2) is 7.47. The molecule has 5 heteroatoms. The zero-order valence-corrected chi connectivity index (χ0v) is 16.1. The molecule has 4 rings (SSSR count). The third kappa shape index (κ3) is 3.68. The molecule has 142 valence electrons. The number of para-hydroxylation sites is 1. The molecule has 5 nitrogen and oxygen atoms in total. The third-order valence-electron chi connectivity index (χ3n) is 6.29. The summed E-state index contributed by atoms with van der Waals surface area (Å²) in [6, 6.07) is 8.75. The summed E-state index contributed by atoms with van der Waals surface area (Å²) in [6.07, 6.45) is 7.18. The van der Waals surface area contributed by atoms with E-state index in [1.807, 2.05) is 7.05 Å². The largest absolute Gasteiger partial charge is 0.487 e. The van der Waals surface area contributed by atoms with Gasteiger partial charge in [-0.15, -0.1) is 0 Å². The Morgan fingerprint density at radius 3 is 2.85 bits per heavy atom. The minimum Gasteiger partial charge on any atom is -0.487 e. The fraction of sp³-hybridized carbons (Fsp3) is 0.667. The SMILES string of the molecule is CN=C(NCC1CCN(C)C1)NC1CC2(CCCC2)Oc2ccccc21. The van der Waals surface area contributed by atoms with Gasteiger partial charge in [0.2, 0.25) is 0 Å². The first-order valence-electron chi connectivity index (χ1n) is 10.1. The fourth-order valence-electron chi connectivity index (χ4n) is 4.87. The number of benzene rings is 1. The van der Waals surface area contributed by atoms with E-state index in [0.717, 1.165) is 24.7 Å². The highest BCUT2D eigenvalue weighted by atomic mass is 16.5. The Balaban J connectivity index is 1.45. The van der Waals surface area contributed by atoms with Crippen LogP contribution >= 0.6 is 0 Å². The molecular weight excluding hydrogens is 324 g/mol. The van der Waals surface area contributed by atoms with Gasteiger partial charge in [0.1, 0.15) is 11.4 Å². The average Bonchev–Trinajstić information content (AvgIpc) is 3.27. The number of nitrogens with zero attached hydrogens (tertiary/aromatic N) is 2. The van der Waals surface area contributed by atoms with E-state index in [-0.39, 0.29) is 11.6 Å². The number of likely N-dealkylation sites (tertiary alicyclic amines) is 1. The summed E-state index contributed by atoms with van der Waals surface area (Å²) in [4.78, 5) is 6.89. The summed E-state index contributed by atoms with van der Waals surface area (Å²) < 4.78 is 6.47. The number of fused-ring (bicyclic) bond motifs is 1. The Hall–Kier alpha value is -1.75. The molecule has 2 unspecified atom stereocenters.